The third-order valence-corrected chi connectivity index (χ3v) is 8.87. The lowest BCUT2D eigenvalue weighted by Crippen LogP contribution is -2.58. The van der Waals surface area contributed by atoms with Crippen LogP contribution in [0.2, 0.25) is 0 Å². The summed E-state index contributed by atoms with van der Waals surface area (Å²) in [6.45, 7) is 6.10. The van der Waals surface area contributed by atoms with Crippen LogP contribution in [-0.4, -0.2) is 58.9 Å². The summed E-state index contributed by atoms with van der Waals surface area (Å²) in [7, 11) is 1.75. The molecule has 3 N–H and O–H groups in total. The van der Waals surface area contributed by atoms with E-state index in [9.17, 15) is 14.4 Å². The molecule has 0 saturated carbocycles. The Labute approximate surface area is 219 Å². The molecule has 1 aromatic rings. The molecule has 9 heteroatoms. The fourth-order valence-electron chi connectivity index (χ4n) is 5.80. The van der Waals surface area contributed by atoms with Gasteiger partial charge in [0.05, 0.1) is 17.5 Å². The van der Waals surface area contributed by atoms with Crippen LogP contribution in [0.15, 0.2) is 24.3 Å². The Bertz CT molecular complexity index is 939. The number of rotatable bonds is 6. The number of nitrogens with one attached hydrogen (secondary N) is 3. The van der Waals surface area contributed by atoms with E-state index in [1.165, 1.54) is 11.1 Å². The first-order valence-electron chi connectivity index (χ1n) is 12.6. The summed E-state index contributed by atoms with van der Waals surface area (Å²) in [5, 5.41) is 9.22. The van der Waals surface area contributed by atoms with Crippen molar-refractivity contribution in [3.8, 4) is 0 Å². The van der Waals surface area contributed by atoms with E-state index in [4.69, 9.17) is 0 Å². The molecule has 4 rings (SSSR count). The number of carbonyl (C=O) groups is 3. The number of likely N-dealkylation sites (N-methyl/N-ethyl adjacent to an activating group) is 1. The Balaban J connectivity index is 0.00000342. The zero-order valence-electron chi connectivity index (χ0n) is 21.1. The van der Waals surface area contributed by atoms with Crippen molar-refractivity contribution in [2.45, 2.75) is 88.8 Å². The van der Waals surface area contributed by atoms with Gasteiger partial charge in [0.2, 0.25) is 17.7 Å². The van der Waals surface area contributed by atoms with Crippen molar-refractivity contribution in [3.63, 3.8) is 0 Å². The van der Waals surface area contributed by atoms with Gasteiger partial charge in [-0.2, -0.15) is 0 Å². The second-order valence-electron chi connectivity index (χ2n) is 10.4. The Morgan fingerprint density at radius 2 is 1.91 bits per heavy atom. The maximum Gasteiger partial charge on any atom is 0.246 e. The number of carbonyl (C=O) groups excluding carboxylic acids is 3. The van der Waals surface area contributed by atoms with Crippen molar-refractivity contribution in [3.05, 3.63) is 35.4 Å². The Morgan fingerprint density at radius 3 is 2.63 bits per heavy atom. The lowest BCUT2D eigenvalue weighted by molar-refractivity contribution is -0.144. The van der Waals surface area contributed by atoms with E-state index in [0.717, 1.165) is 31.4 Å². The first kappa shape index (κ1) is 27.8. The van der Waals surface area contributed by atoms with E-state index >= 15 is 0 Å². The highest BCUT2D eigenvalue weighted by atomic mass is 35.5. The van der Waals surface area contributed by atoms with Gasteiger partial charge in [0.1, 0.15) is 12.1 Å². The summed E-state index contributed by atoms with van der Waals surface area (Å²) in [5.74, 6) is 0.389. The van der Waals surface area contributed by atoms with Crippen LogP contribution in [0.4, 0.5) is 0 Å². The van der Waals surface area contributed by atoms with E-state index in [-0.39, 0.29) is 53.0 Å². The molecule has 0 spiro atoms. The summed E-state index contributed by atoms with van der Waals surface area (Å²) < 4.78 is 0. The molecule has 5 atom stereocenters. The van der Waals surface area contributed by atoms with E-state index < -0.39 is 12.1 Å². The number of benzene rings is 1. The second-order valence-corrected chi connectivity index (χ2v) is 11.7. The van der Waals surface area contributed by atoms with Crippen LogP contribution in [-0.2, 0) is 20.8 Å². The van der Waals surface area contributed by atoms with Crippen molar-refractivity contribution in [2.24, 2.45) is 5.41 Å². The number of fused-ring (bicyclic) bond motifs is 2. The van der Waals surface area contributed by atoms with Gasteiger partial charge in [-0.25, -0.2) is 0 Å². The van der Waals surface area contributed by atoms with Crippen LogP contribution in [0, 0.1) is 5.41 Å². The fraction of sp³-hybridized carbons (Fsp3) is 0.654. The molecule has 1 aliphatic carbocycles. The molecule has 0 aromatic heterocycles. The van der Waals surface area contributed by atoms with Crippen molar-refractivity contribution < 1.29 is 14.4 Å². The summed E-state index contributed by atoms with van der Waals surface area (Å²) in [4.78, 5) is 42.0. The monoisotopic (exact) mass is 522 g/mol. The number of amides is 3. The average molecular weight is 523 g/mol. The van der Waals surface area contributed by atoms with Crippen LogP contribution in [0.3, 0.4) is 0 Å². The lowest BCUT2D eigenvalue weighted by atomic mass is 9.83. The van der Waals surface area contributed by atoms with Crippen LogP contribution >= 0.6 is 24.2 Å². The van der Waals surface area contributed by atoms with Crippen LogP contribution < -0.4 is 16.0 Å². The minimum Gasteiger partial charge on any atom is -0.347 e. The first-order valence-corrected chi connectivity index (χ1v) is 13.6. The highest BCUT2D eigenvalue weighted by molar-refractivity contribution is 7.99. The van der Waals surface area contributed by atoms with Crippen LogP contribution in [0.5, 0.6) is 0 Å². The third kappa shape index (κ3) is 5.65. The highest BCUT2D eigenvalue weighted by Crippen LogP contribution is 2.46. The Kier molecular flexibility index (Phi) is 9.16. The van der Waals surface area contributed by atoms with Gasteiger partial charge in [0, 0.05) is 0 Å². The molecule has 0 bridgehead atoms. The average Bonchev–Trinajstić information content (AvgIpc) is 3.00. The molecule has 2 saturated heterocycles. The SMILES string of the molecule is CC[C@H](NC)C(=O)N[C@H]1CCS[C@H]2CC(C)(C)[C@@H](C(=O)N[C@@H]3CCCc4ccccc43)N2C1=O.Cl. The predicted octanol–water partition coefficient (Wildman–Crippen LogP) is 3.17. The zero-order chi connectivity index (χ0) is 24.5. The molecule has 3 amide bonds. The van der Waals surface area contributed by atoms with Gasteiger partial charge in [-0.3, -0.25) is 14.4 Å². The third-order valence-electron chi connectivity index (χ3n) is 7.62. The molecule has 1 aromatic carbocycles. The van der Waals surface area contributed by atoms with Crippen molar-refractivity contribution in [1.29, 1.82) is 0 Å². The maximum absolute atomic E-state index is 13.8. The van der Waals surface area contributed by atoms with Crippen LogP contribution in [0.1, 0.15) is 70.0 Å². The predicted molar refractivity (Wildman–Crippen MR) is 142 cm³/mol. The molecule has 2 aliphatic heterocycles. The first-order chi connectivity index (χ1) is 16.3. The van der Waals surface area contributed by atoms with Gasteiger partial charge in [-0.05, 0) is 67.9 Å². The van der Waals surface area contributed by atoms with Crippen LogP contribution in [0.25, 0.3) is 0 Å². The van der Waals surface area contributed by atoms with Gasteiger partial charge in [0.15, 0.2) is 0 Å². The van der Waals surface area contributed by atoms with Gasteiger partial charge in [0.25, 0.3) is 0 Å². The molecular weight excluding hydrogens is 484 g/mol. The normalized spacial score (nSPS) is 28.1. The Morgan fingerprint density at radius 1 is 1.17 bits per heavy atom. The molecule has 35 heavy (non-hydrogen) atoms. The topological polar surface area (TPSA) is 90.5 Å². The lowest BCUT2D eigenvalue weighted by Gasteiger charge is -2.36. The molecule has 0 unspecified atom stereocenters. The Hall–Kier alpha value is -1.77. The molecule has 2 heterocycles. The van der Waals surface area contributed by atoms with E-state index in [0.29, 0.717) is 12.8 Å². The van der Waals surface area contributed by atoms with Gasteiger partial charge < -0.3 is 20.9 Å². The number of halogens is 1. The van der Waals surface area contributed by atoms with E-state index in [1.807, 2.05) is 19.1 Å². The molecular formula is C26H39ClN4O3S. The summed E-state index contributed by atoms with van der Waals surface area (Å²) >= 11 is 1.73. The molecule has 2 fully saturated rings. The molecule has 3 aliphatic rings. The number of hydrogen-bond donors (Lipinski definition) is 3. The van der Waals surface area contributed by atoms with Crippen molar-refractivity contribution in [1.82, 2.24) is 20.9 Å². The zero-order valence-corrected chi connectivity index (χ0v) is 22.8. The molecule has 194 valence electrons. The number of nitrogens with zero attached hydrogens (tertiary/aromatic N) is 1. The quantitative estimate of drug-likeness (QED) is 0.534. The smallest absolute Gasteiger partial charge is 0.246 e. The number of aryl methyl sites for hydroxylation is 1. The number of hydrogen-bond acceptors (Lipinski definition) is 5. The second kappa shape index (κ2) is 11.5. The summed E-state index contributed by atoms with van der Waals surface area (Å²) in [6, 6.07) is 6.79. The van der Waals surface area contributed by atoms with Crippen molar-refractivity contribution >= 4 is 41.9 Å². The minimum atomic E-state index is -0.605. The van der Waals surface area contributed by atoms with Crippen molar-refractivity contribution in [2.75, 3.05) is 12.8 Å². The summed E-state index contributed by atoms with van der Waals surface area (Å²) in [6.07, 6.45) is 4.96. The maximum atomic E-state index is 13.8. The molecule has 0 radical (unpaired) electrons. The fourth-order valence-corrected chi connectivity index (χ4v) is 7.38. The number of thioether (sulfide) groups is 1. The van der Waals surface area contributed by atoms with E-state index in [1.54, 1.807) is 23.7 Å². The van der Waals surface area contributed by atoms with Gasteiger partial charge >= 0.3 is 0 Å². The van der Waals surface area contributed by atoms with Gasteiger partial charge in [-0.1, -0.05) is 45.0 Å². The summed E-state index contributed by atoms with van der Waals surface area (Å²) in [5.41, 5.74) is 2.13. The standard InChI is InChI=1S/C26H38N4O3S.ClH/c1-5-18(27-4)23(31)29-20-13-14-34-21-15-26(2,3)22(30(21)25(20)33)24(32)28-19-12-8-10-16-9-6-7-11-17(16)19;/h6-7,9,11,18-22,27H,5,8,10,12-15H2,1-4H3,(H,28,32)(H,29,31);1H/t18-,19+,20-,21-,22+;/m0./s1. The molecule has 7 nitrogen and oxygen atoms in total. The highest BCUT2D eigenvalue weighted by Gasteiger charge is 2.54. The minimum absolute atomic E-state index is 0. The largest absolute Gasteiger partial charge is 0.347 e. The van der Waals surface area contributed by atoms with Gasteiger partial charge in [-0.15, -0.1) is 24.2 Å². The van der Waals surface area contributed by atoms with E-state index in [2.05, 4.69) is 41.9 Å².